The monoisotopic (exact) mass is 289 g/mol. The summed E-state index contributed by atoms with van der Waals surface area (Å²) in [4.78, 5) is 21.2. The molecule has 9 heteroatoms. The minimum absolute atomic E-state index is 0.192. The molecule has 9 nitrogen and oxygen atoms in total. The molecule has 3 heterocycles. The number of anilines is 2. The topological polar surface area (TPSA) is 102 Å². The van der Waals surface area contributed by atoms with Crippen molar-refractivity contribution in [3.63, 3.8) is 0 Å². The van der Waals surface area contributed by atoms with E-state index in [1.807, 2.05) is 0 Å². The first-order valence-electron chi connectivity index (χ1n) is 6.99. The Morgan fingerprint density at radius 1 is 1.24 bits per heavy atom. The number of nitrogens with two attached hydrogens (primary N) is 1. The molecule has 0 saturated carbocycles. The van der Waals surface area contributed by atoms with Crippen molar-refractivity contribution in [1.82, 2.24) is 34.6 Å². The van der Waals surface area contributed by atoms with Gasteiger partial charge in [-0.15, -0.1) is 0 Å². The molecule has 1 unspecified atom stereocenters. The fraction of sp³-hybridized carbons (Fsp3) is 0.583. The zero-order chi connectivity index (χ0) is 14.8. The molecule has 0 bridgehead atoms. The van der Waals surface area contributed by atoms with E-state index in [9.17, 15) is 0 Å². The molecule has 2 N–H and O–H groups in total. The van der Waals surface area contributed by atoms with Crippen LogP contribution in [-0.2, 0) is 0 Å². The third-order valence-corrected chi connectivity index (χ3v) is 3.78. The van der Waals surface area contributed by atoms with Crippen molar-refractivity contribution < 1.29 is 0 Å². The van der Waals surface area contributed by atoms with Crippen molar-refractivity contribution in [3.05, 3.63) is 12.7 Å². The summed E-state index contributed by atoms with van der Waals surface area (Å²) in [5.41, 5.74) is 5.81. The molecule has 0 aromatic carbocycles. The molecule has 0 spiro atoms. The summed E-state index contributed by atoms with van der Waals surface area (Å²) < 4.78 is 1.48. The van der Waals surface area contributed by atoms with E-state index in [4.69, 9.17) is 5.73 Å². The van der Waals surface area contributed by atoms with E-state index in [0.29, 0.717) is 17.9 Å². The van der Waals surface area contributed by atoms with Gasteiger partial charge in [-0.2, -0.15) is 24.7 Å². The lowest BCUT2D eigenvalue weighted by molar-refractivity contribution is 0.212. The van der Waals surface area contributed by atoms with Crippen molar-refractivity contribution in [2.45, 2.75) is 19.4 Å². The van der Waals surface area contributed by atoms with E-state index >= 15 is 0 Å². The zero-order valence-corrected chi connectivity index (χ0v) is 12.2. The molecule has 0 amide bonds. The van der Waals surface area contributed by atoms with Crippen LogP contribution in [0.2, 0.25) is 0 Å². The molecular weight excluding hydrogens is 270 g/mol. The molecule has 2 aromatic rings. The number of aromatic nitrogens is 6. The second-order valence-electron chi connectivity index (χ2n) is 5.12. The first-order chi connectivity index (χ1) is 10.2. The van der Waals surface area contributed by atoms with Gasteiger partial charge in [0.05, 0.1) is 0 Å². The maximum Gasteiger partial charge on any atom is 0.258 e. The maximum atomic E-state index is 5.81. The molecule has 1 atom stereocenters. The van der Waals surface area contributed by atoms with Crippen LogP contribution >= 0.6 is 0 Å². The molecule has 1 fully saturated rings. The number of hydrogen-bond acceptors (Lipinski definition) is 8. The number of hydrogen-bond donors (Lipinski definition) is 1. The molecule has 0 radical (unpaired) electrons. The van der Waals surface area contributed by atoms with Gasteiger partial charge in [-0.1, -0.05) is 6.92 Å². The first kappa shape index (κ1) is 13.7. The van der Waals surface area contributed by atoms with Gasteiger partial charge in [0.2, 0.25) is 11.9 Å². The van der Waals surface area contributed by atoms with E-state index in [1.54, 1.807) is 0 Å². The van der Waals surface area contributed by atoms with Crippen LogP contribution in [0.1, 0.15) is 13.3 Å². The van der Waals surface area contributed by atoms with E-state index in [-0.39, 0.29) is 5.95 Å². The van der Waals surface area contributed by atoms with Gasteiger partial charge in [-0.05, 0) is 13.5 Å². The Balaban J connectivity index is 1.88. The van der Waals surface area contributed by atoms with Crippen LogP contribution in [0.25, 0.3) is 5.95 Å². The molecule has 1 aliphatic rings. The van der Waals surface area contributed by atoms with Crippen molar-refractivity contribution in [3.8, 4) is 5.95 Å². The molecule has 1 saturated heterocycles. The second-order valence-corrected chi connectivity index (χ2v) is 5.12. The van der Waals surface area contributed by atoms with Crippen LogP contribution in [0.5, 0.6) is 0 Å². The minimum atomic E-state index is 0.192. The summed E-state index contributed by atoms with van der Waals surface area (Å²) in [6.07, 6.45) is 4.06. The molecule has 0 aliphatic carbocycles. The van der Waals surface area contributed by atoms with Crippen LogP contribution in [-0.4, -0.2) is 67.3 Å². The Morgan fingerprint density at radius 3 is 2.76 bits per heavy atom. The number of rotatable bonds is 3. The normalized spacial score (nSPS) is 19.9. The Hall–Kier alpha value is -2.29. The Bertz CT molecular complexity index is 597. The lowest BCUT2D eigenvalue weighted by Crippen LogP contribution is -2.51. The summed E-state index contributed by atoms with van der Waals surface area (Å²) >= 11 is 0. The smallest absolute Gasteiger partial charge is 0.258 e. The quantitative estimate of drug-likeness (QED) is 0.811. The largest absolute Gasteiger partial charge is 0.368 e. The first-order valence-corrected chi connectivity index (χ1v) is 6.99. The lowest BCUT2D eigenvalue weighted by atomic mass is 10.1. The van der Waals surface area contributed by atoms with Gasteiger partial charge in [0.1, 0.15) is 12.7 Å². The van der Waals surface area contributed by atoms with E-state index < -0.39 is 0 Å². The summed E-state index contributed by atoms with van der Waals surface area (Å²) in [5.74, 6) is 1.18. The van der Waals surface area contributed by atoms with Gasteiger partial charge in [0.15, 0.2) is 0 Å². The van der Waals surface area contributed by atoms with Gasteiger partial charge in [-0.25, -0.2) is 4.98 Å². The highest BCUT2D eigenvalue weighted by Crippen LogP contribution is 2.17. The second kappa shape index (κ2) is 5.60. The minimum Gasteiger partial charge on any atom is -0.368 e. The highest BCUT2D eigenvalue weighted by Gasteiger charge is 2.25. The van der Waals surface area contributed by atoms with Gasteiger partial charge in [-0.3, -0.25) is 4.90 Å². The molecule has 112 valence electrons. The molecule has 3 rings (SSSR count). The highest BCUT2D eigenvalue weighted by atomic mass is 15.4. The fourth-order valence-electron chi connectivity index (χ4n) is 2.49. The number of likely N-dealkylation sites (N-methyl/N-ethyl adjacent to an activating group) is 1. The van der Waals surface area contributed by atoms with Gasteiger partial charge >= 0.3 is 0 Å². The average Bonchev–Trinajstić information content (AvgIpc) is 3.01. The summed E-state index contributed by atoms with van der Waals surface area (Å²) in [6, 6.07) is 0.492. The number of nitrogens with zero attached hydrogens (tertiary/aromatic N) is 8. The van der Waals surface area contributed by atoms with Crippen LogP contribution in [0.15, 0.2) is 12.7 Å². The standard InChI is InChI=1S/C12H19N9/c1-3-9-6-20(5-4-19(9)2)11-16-10(13)17-12(18-11)21-8-14-7-15-21/h7-9H,3-6H2,1-2H3,(H2,13,16,17,18). The Morgan fingerprint density at radius 2 is 2.05 bits per heavy atom. The predicted molar refractivity (Wildman–Crippen MR) is 78.1 cm³/mol. The molecule has 21 heavy (non-hydrogen) atoms. The van der Waals surface area contributed by atoms with Crippen LogP contribution in [0, 0.1) is 0 Å². The fourth-order valence-corrected chi connectivity index (χ4v) is 2.49. The third kappa shape index (κ3) is 2.77. The van der Waals surface area contributed by atoms with Crippen molar-refractivity contribution >= 4 is 11.9 Å². The number of nitrogen functional groups attached to an aromatic ring is 1. The van der Waals surface area contributed by atoms with Gasteiger partial charge < -0.3 is 10.6 Å². The van der Waals surface area contributed by atoms with Gasteiger partial charge in [0.25, 0.3) is 5.95 Å². The molecular formula is C12H19N9. The maximum absolute atomic E-state index is 5.81. The SMILES string of the molecule is CCC1CN(c2nc(N)nc(-n3cncn3)n2)CCN1C. The van der Waals surface area contributed by atoms with E-state index in [1.165, 1.54) is 17.3 Å². The van der Waals surface area contributed by atoms with Crippen LogP contribution in [0.3, 0.4) is 0 Å². The highest BCUT2D eigenvalue weighted by molar-refractivity contribution is 5.38. The van der Waals surface area contributed by atoms with Crippen molar-refractivity contribution in [2.75, 3.05) is 37.3 Å². The third-order valence-electron chi connectivity index (χ3n) is 3.78. The van der Waals surface area contributed by atoms with Crippen LogP contribution < -0.4 is 10.6 Å². The predicted octanol–water partition coefficient (Wildman–Crippen LogP) is -0.435. The van der Waals surface area contributed by atoms with Crippen molar-refractivity contribution in [1.29, 1.82) is 0 Å². The molecule has 1 aliphatic heterocycles. The van der Waals surface area contributed by atoms with E-state index in [2.05, 4.69) is 48.8 Å². The zero-order valence-electron chi connectivity index (χ0n) is 12.2. The van der Waals surface area contributed by atoms with Crippen molar-refractivity contribution in [2.24, 2.45) is 0 Å². The summed E-state index contributed by atoms with van der Waals surface area (Å²) in [5, 5.41) is 4.03. The summed E-state index contributed by atoms with van der Waals surface area (Å²) in [7, 11) is 2.15. The van der Waals surface area contributed by atoms with Gasteiger partial charge in [0, 0.05) is 25.7 Å². The molecule has 2 aromatic heterocycles. The Kier molecular flexibility index (Phi) is 3.65. The van der Waals surface area contributed by atoms with E-state index in [0.717, 1.165) is 26.1 Å². The average molecular weight is 289 g/mol. The number of piperazine rings is 1. The lowest BCUT2D eigenvalue weighted by Gasteiger charge is -2.39. The summed E-state index contributed by atoms with van der Waals surface area (Å²) in [6.45, 7) is 4.91. The van der Waals surface area contributed by atoms with Crippen LogP contribution in [0.4, 0.5) is 11.9 Å². The Labute approximate surface area is 122 Å².